The van der Waals surface area contributed by atoms with Crippen molar-refractivity contribution in [1.82, 2.24) is 10.3 Å². The van der Waals surface area contributed by atoms with Crippen LogP contribution < -0.4 is 16.4 Å². The molecule has 2 aromatic rings. The van der Waals surface area contributed by atoms with E-state index in [1.807, 2.05) is 30.3 Å². The van der Waals surface area contributed by atoms with Crippen LogP contribution in [0.2, 0.25) is 0 Å². The fourth-order valence-corrected chi connectivity index (χ4v) is 1.94. The van der Waals surface area contributed by atoms with Crippen LogP contribution in [-0.4, -0.2) is 24.0 Å². The second kappa shape index (κ2) is 7.89. The number of pyridine rings is 1. The van der Waals surface area contributed by atoms with Crippen LogP contribution >= 0.6 is 0 Å². The Balaban J connectivity index is 1.62. The average Bonchev–Trinajstić information content (AvgIpc) is 2.52. The summed E-state index contributed by atoms with van der Waals surface area (Å²) in [5.41, 5.74) is 7.54. The molecule has 1 aromatic carbocycles. The third-order valence-corrected chi connectivity index (χ3v) is 3.06. The van der Waals surface area contributed by atoms with Crippen molar-refractivity contribution >= 4 is 17.4 Å². The topological polar surface area (TPSA) is 80.0 Å². The first-order valence-corrected chi connectivity index (χ1v) is 7.00. The normalized spacial score (nSPS) is 10.1. The van der Waals surface area contributed by atoms with E-state index in [1.54, 1.807) is 18.3 Å². The van der Waals surface area contributed by atoms with Crippen molar-refractivity contribution in [2.75, 3.05) is 24.1 Å². The van der Waals surface area contributed by atoms with Gasteiger partial charge in [0.25, 0.3) is 0 Å². The summed E-state index contributed by atoms with van der Waals surface area (Å²) in [5.74, 6) is 0.700. The highest BCUT2D eigenvalue weighted by atomic mass is 16.1. The van der Waals surface area contributed by atoms with E-state index in [4.69, 9.17) is 5.73 Å². The molecule has 1 aromatic heterocycles. The molecule has 0 saturated heterocycles. The number of anilines is 2. The van der Waals surface area contributed by atoms with Crippen molar-refractivity contribution in [2.45, 2.75) is 12.8 Å². The molecule has 1 heterocycles. The molecule has 0 fully saturated rings. The predicted molar refractivity (Wildman–Crippen MR) is 84.9 cm³/mol. The van der Waals surface area contributed by atoms with Gasteiger partial charge in [-0.05, 0) is 24.1 Å². The van der Waals surface area contributed by atoms with E-state index in [1.165, 1.54) is 5.56 Å². The highest BCUT2D eigenvalue weighted by Crippen LogP contribution is 2.11. The zero-order chi connectivity index (χ0) is 14.9. The molecule has 0 aliphatic heterocycles. The summed E-state index contributed by atoms with van der Waals surface area (Å²) >= 11 is 0. The molecule has 0 radical (unpaired) electrons. The summed E-state index contributed by atoms with van der Waals surface area (Å²) in [6.07, 6.45) is 2.93. The number of nitrogen functional groups attached to an aromatic ring is 1. The van der Waals surface area contributed by atoms with Crippen molar-refractivity contribution in [3.05, 3.63) is 54.2 Å². The zero-order valence-electron chi connectivity index (χ0n) is 11.9. The number of amides is 1. The Morgan fingerprint density at radius 2 is 1.90 bits per heavy atom. The number of carbonyl (C=O) groups excluding carboxylic acids is 1. The first-order valence-electron chi connectivity index (χ1n) is 7.00. The van der Waals surface area contributed by atoms with E-state index in [-0.39, 0.29) is 5.91 Å². The number of nitrogens with two attached hydrogens (primary N) is 1. The third kappa shape index (κ3) is 5.14. The summed E-state index contributed by atoms with van der Waals surface area (Å²) in [6.45, 7) is 1.14. The molecule has 0 saturated carbocycles. The van der Waals surface area contributed by atoms with E-state index in [0.29, 0.717) is 31.0 Å². The van der Waals surface area contributed by atoms with E-state index in [2.05, 4.69) is 15.6 Å². The number of rotatable bonds is 7. The molecular formula is C16H20N4O. The molecule has 0 aliphatic rings. The monoisotopic (exact) mass is 284 g/mol. The second-order valence-electron chi connectivity index (χ2n) is 4.70. The standard InChI is InChI=1S/C16H20N4O/c17-14-7-4-10-19-16(14)20-12-11-18-15(21)9-8-13-5-2-1-3-6-13/h1-7,10H,8-9,11-12,17H2,(H,18,21)(H,19,20). The minimum absolute atomic E-state index is 0.0506. The van der Waals surface area contributed by atoms with Crippen LogP contribution in [0.1, 0.15) is 12.0 Å². The van der Waals surface area contributed by atoms with E-state index in [9.17, 15) is 4.79 Å². The lowest BCUT2D eigenvalue weighted by Crippen LogP contribution is -2.29. The molecule has 1 amide bonds. The highest BCUT2D eigenvalue weighted by Gasteiger charge is 2.02. The van der Waals surface area contributed by atoms with Gasteiger partial charge in [-0.15, -0.1) is 0 Å². The Morgan fingerprint density at radius 3 is 2.67 bits per heavy atom. The molecule has 5 nitrogen and oxygen atoms in total. The van der Waals surface area contributed by atoms with Gasteiger partial charge in [0.2, 0.25) is 5.91 Å². The van der Waals surface area contributed by atoms with Gasteiger partial charge in [0.05, 0.1) is 5.69 Å². The van der Waals surface area contributed by atoms with Crippen LogP contribution in [0.3, 0.4) is 0 Å². The average molecular weight is 284 g/mol. The highest BCUT2D eigenvalue weighted by molar-refractivity contribution is 5.76. The first-order chi connectivity index (χ1) is 10.3. The first kappa shape index (κ1) is 14.8. The number of benzene rings is 1. The van der Waals surface area contributed by atoms with E-state index >= 15 is 0 Å². The molecule has 0 aliphatic carbocycles. The molecule has 110 valence electrons. The Hall–Kier alpha value is -2.56. The third-order valence-electron chi connectivity index (χ3n) is 3.06. The van der Waals surface area contributed by atoms with Gasteiger partial charge < -0.3 is 16.4 Å². The molecule has 21 heavy (non-hydrogen) atoms. The molecule has 5 heteroatoms. The number of aryl methyl sites for hydroxylation is 1. The van der Waals surface area contributed by atoms with Crippen molar-refractivity contribution in [3.8, 4) is 0 Å². The second-order valence-corrected chi connectivity index (χ2v) is 4.70. The van der Waals surface area contributed by atoms with Crippen LogP contribution in [0.25, 0.3) is 0 Å². The number of hydrogen-bond donors (Lipinski definition) is 3. The Morgan fingerprint density at radius 1 is 1.10 bits per heavy atom. The maximum atomic E-state index is 11.7. The van der Waals surface area contributed by atoms with Gasteiger partial charge in [0, 0.05) is 25.7 Å². The van der Waals surface area contributed by atoms with Crippen molar-refractivity contribution < 1.29 is 4.79 Å². The van der Waals surface area contributed by atoms with Gasteiger partial charge in [0.15, 0.2) is 0 Å². The van der Waals surface area contributed by atoms with Gasteiger partial charge in [-0.3, -0.25) is 4.79 Å². The summed E-state index contributed by atoms with van der Waals surface area (Å²) in [5, 5.41) is 5.96. The number of hydrogen-bond acceptors (Lipinski definition) is 4. The fraction of sp³-hybridized carbons (Fsp3) is 0.250. The Bertz CT molecular complexity index is 571. The predicted octanol–water partition coefficient (Wildman–Crippen LogP) is 1.82. The molecule has 2 rings (SSSR count). The molecule has 0 unspecified atom stereocenters. The SMILES string of the molecule is Nc1cccnc1NCCNC(=O)CCc1ccccc1. The quantitative estimate of drug-likeness (QED) is 0.678. The maximum Gasteiger partial charge on any atom is 0.220 e. The number of carbonyl (C=O) groups is 1. The van der Waals surface area contributed by atoms with Gasteiger partial charge in [-0.2, -0.15) is 0 Å². The summed E-state index contributed by atoms with van der Waals surface area (Å²) < 4.78 is 0. The molecule has 4 N–H and O–H groups in total. The van der Waals surface area contributed by atoms with Crippen LogP contribution in [0, 0.1) is 0 Å². The fourth-order valence-electron chi connectivity index (χ4n) is 1.94. The van der Waals surface area contributed by atoms with Gasteiger partial charge >= 0.3 is 0 Å². The lowest BCUT2D eigenvalue weighted by molar-refractivity contribution is -0.120. The number of aromatic nitrogens is 1. The number of nitrogens with one attached hydrogen (secondary N) is 2. The molecule has 0 atom stereocenters. The molecular weight excluding hydrogens is 264 g/mol. The largest absolute Gasteiger partial charge is 0.396 e. The van der Waals surface area contributed by atoms with Gasteiger partial charge in [-0.1, -0.05) is 30.3 Å². The summed E-state index contributed by atoms with van der Waals surface area (Å²) in [7, 11) is 0. The van der Waals surface area contributed by atoms with Crippen molar-refractivity contribution in [3.63, 3.8) is 0 Å². The number of nitrogens with zero attached hydrogens (tertiary/aromatic N) is 1. The van der Waals surface area contributed by atoms with E-state index < -0.39 is 0 Å². The lowest BCUT2D eigenvalue weighted by Gasteiger charge is -2.09. The summed E-state index contributed by atoms with van der Waals surface area (Å²) in [4.78, 5) is 15.8. The van der Waals surface area contributed by atoms with Crippen LogP contribution in [0.5, 0.6) is 0 Å². The van der Waals surface area contributed by atoms with Gasteiger partial charge in [-0.25, -0.2) is 4.98 Å². The van der Waals surface area contributed by atoms with Crippen LogP contribution in [-0.2, 0) is 11.2 Å². The minimum Gasteiger partial charge on any atom is -0.396 e. The van der Waals surface area contributed by atoms with Gasteiger partial charge in [0.1, 0.15) is 5.82 Å². The zero-order valence-corrected chi connectivity index (χ0v) is 11.9. The van der Waals surface area contributed by atoms with E-state index in [0.717, 1.165) is 6.42 Å². The lowest BCUT2D eigenvalue weighted by atomic mass is 10.1. The minimum atomic E-state index is 0.0506. The smallest absolute Gasteiger partial charge is 0.220 e. The van der Waals surface area contributed by atoms with Crippen LogP contribution in [0.4, 0.5) is 11.5 Å². The Kier molecular flexibility index (Phi) is 5.58. The van der Waals surface area contributed by atoms with Crippen molar-refractivity contribution in [1.29, 1.82) is 0 Å². The Labute approximate surface area is 124 Å². The summed E-state index contributed by atoms with van der Waals surface area (Å²) in [6, 6.07) is 13.6. The van der Waals surface area contributed by atoms with Crippen LogP contribution in [0.15, 0.2) is 48.7 Å². The maximum absolute atomic E-state index is 11.7. The van der Waals surface area contributed by atoms with Crippen molar-refractivity contribution in [2.24, 2.45) is 0 Å². The molecule has 0 bridgehead atoms. The molecule has 0 spiro atoms.